The largest absolute Gasteiger partial charge is 0.481 e. The van der Waals surface area contributed by atoms with Crippen molar-refractivity contribution in [2.24, 2.45) is 0 Å². The molecule has 5 nitrogen and oxygen atoms in total. The van der Waals surface area contributed by atoms with Crippen LogP contribution in [-0.2, 0) is 19.5 Å². The third-order valence-corrected chi connectivity index (χ3v) is 4.67. The first-order valence-electron chi connectivity index (χ1n) is 8.85. The van der Waals surface area contributed by atoms with Gasteiger partial charge in [-0.1, -0.05) is 12.1 Å². The van der Waals surface area contributed by atoms with Crippen LogP contribution in [0, 0.1) is 5.82 Å². The highest BCUT2D eigenvalue weighted by Crippen LogP contribution is 2.27. The van der Waals surface area contributed by atoms with E-state index < -0.39 is 0 Å². The Morgan fingerprint density at radius 3 is 2.73 bits per heavy atom. The lowest BCUT2D eigenvalue weighted by Gasteiger charge is -2.16. The molecule has 2 aromatic rings. The average Bonchev–Trinajstić information content (AvgIpc) is 2.96. The van der Waals surface area contributed by atoms with E-state index in [1.165, 1.54) is 12.1 Å². The van der Waals surface area contributed by atoms with Crippen LogP contribution in [-0.4, -0.2) is 35.5 Å². The molecule has 138 valence electrons. The lowest BCUT2D eigenvalue weighted by molar-refractivity contribution is 0.0786. The Labute approximate surface area is 153 Å². The minimum absolute atomic E-state index is 0.0262. The number of pyridine rings is 1. The lowest BCUT2D eigenvalue weighted by Crippen LogP contribution is -2.28. The van der Waals surface area contributed by atoms with Crippen molar-refractivity contribution in [3.63, 3.8) is 0 Å². The van der Waals surface area contributed by atoms with E-state index in [1.807, 2.05) is 13.0 Å². The van der Waals surface area contributed by atoms with E-state index in [-0.39, 0.29) is 17.8 Å². The molecule has 1 aromatic heterocycles. The molecule has 0 spiro atoms. The second kappa shape index (κ2) is 7.83. The maximum absolute atomic E-state index is 13.0. The molecule has 0 saturated heterocycles. The molecule has 2 heterocycles. The molecular formula is C20H24FN3O2. The number of amides is 1. The van der Waals surface area contributed by atoms with Crippen LogP contribution in [0.4, 0.5) is 4.39 Å². The molecule has 6 heteroatoms. The van der Waals surface area contributed by atoms with Crippen molar-refractivity contribution in [2.75, 3.05) is 13.7 Å². The van der Waals surface area contributed by atoms with Gasteiger partial charge in [0.05, 0.1) is 24.9 Å². The zero-order valence-electron chi connectivity index (χ0n) is 15.4. The Hall–Kier alpha value is -2.47. The van der Waals surface area contributed by atoms with Crippen molar-refractivity contribution >= 4 is 5.91 Å². The third kappa shape index (κ3) is 3.85. The second-order valence-corrected chi connectivity index (χ2v) is 6.58. The van der Waals surface area contributed by atoms with Crippen molar-refractivity contribution in [3.05, 3.63) is 58.5 Å². The highest BCUT2D eigenvalue weighted by atomic mass is 19.1. The molecule has 3 rings (SSSR count). The summed E-state index contributed by atoms with van der Waals surface area (Å²) in [7, 11) is 1.59. The first-order chi connectivity index (χ1) is 12.5. The van der Waals surface area contributed by atoms with Crippen LogP contribution >= 0.6 is 0 Å². The van der Waals surface area contributed by atoms with Crippen LogP contribution in [0.25, 0.3) is 0 Å². The summed E-state index contributed by atoms with van der Waals surface area (Å²) in [4.78, 5) is 18.7. The number of hydrogen-bond acceptors (Lipinski definition) is 4. The van der Waals surface area contributed by atoms with E-state index >= 15 is 0 Å². The van der Waals surface area contributed by atoms with Crippen molar-refractivity contribution in [1.29, 1.82) is 0 Å². The van der Waals surface area contributed by atoms with Crippen LogP contribution < -0.4 is 10.1 Å². The number of aromatic nitrogens is 1. The number of hydrogen-bond donors (Lipinski definition) is 1. The molecule has 0 bridgehead atoms. The van der Waals surface area contributed by atoms with E-state index in [4.69, 9.17) is 4.74 Å². The Morgan fingerprint density at radius 1 is 1.35 bits per heavy atom. The summed E-state index contributed by atoms with van der Waals surface area (Å²) in [5.74, 6) is 0.350. The highest BCUT2D eigenvalue weighted by molar-refractivity contribution is 5.98. The van der Waals surface area contributed by atoms with Gasteiger partial charge in [0.15, 0.2) is 0 Å². The van der Waals surface area contributed by atoms with Gasteiger partial charge in [0.2, 0.25) is 5.88 Å². The number of nitrogens with zero attached hydrogens (tertiary/aromatic N) is 2. The lowest BCUT2D eigenvalue weighted by atomic mass is 10.1. The number of benzene rings is 1. The van der Waals surface area contributed by atoms with Crippen LogP contribution in [0.1, 0.15) is 41.0 Å². The summed E-state index contributed by atoms with van der Waals surface area (Å²) in [5.41, 5.74) is 3.37. The van der Waals surface area contributed by atoms with Crippen molar-refractivity contribution < 1.29 is 13.9 Å². The first-order valence-corrected chi connectivity index (χ1v) is 8.85. The zero-order chi connectivity index (χ0) is 18.7. The molecule has 1 N–H and O–H groups in total. The smallest absolute Gasteiger partial charge is 0.256 e. The molecule has 0 saturated carbocycles. The fourth-order valence-electron chi connectivity index (χ4n) is 3.19. The predicted molar refractivity (Wildman–Crippen MR) is 97.6 cm³/mol. The van der Waals surface area contributed by atoms with Gasteiger partial charge in [-0.15, -0.1) is 0 Å². The number of carbonyl (C=O) groups is 1. The zero-order valence-corrected chi connectivity index (χ0v) is 15.4. The first kappa shape index (κ1) is 18.3. The van der Waals surface area contributed by atoms with Crippen molar-refractivity contribution in [2.45, 2.75) is 39.4 Å². The fourth-order valence-corrected chi connectivity index (χ4v) is 3.19. The van der Waals surface area contributed by atoms with Gasteiger partial charge in [-0.2, -0.15) is 0 Å². The Morgan fingerprint density at radius 2 is 2.08 bits per heavy atom. The molecule has 0 fully saturated rings. The van der Waals surface area contributed by atoms with Crippen LogP contribution in [0.3, 0.4) is 0 Å². The summed E-state index contributed by atoms with van der Waals surface area (Å²) in [5, 5.41) is 3.43. The summed E-state index contributed by atoms with van der Waals surface area (Å²) >= 11 is 0. The number of nitrogens with one attached hydrogen (secondary N) is 1. The summed E-state index contributed by atoms with van der Waals surface area (Å²) < 4.78 is 18.4. The molecule has 1 aliphatic heterocycles. The number of methoxy groups -OCH3 is 1. The van der Waals surface area contributed by atoms with Gasteiger partial charge in [-0.3, -0.25) is 4.79 Å². The number of carbonyl (C=O) groups excluding carboxylic acids is 1. The third-order valence-electron chi connectivity index (χ3n) is 4.67. The van der Waals surface area contributed by atoms with Gasteiger partial charge >= 0.3 is 0 Å². The van der Waals surface area contributed by atoms with Gasteiger partial charge in [0, 0.05) is 24.7 Å². The quantitative estimate of drug-likeness (QED) is 0.828. The van der Waals surface area contributed by atoms with Gasteiger partial charge < -0.3 is 15.0 Å². The van der Waals surface area contributed by atoms with E-state index in [1.54, 1.807) is 24.1 Å². The number of fused-ring (bicyclic) bond motifs is 1. The van der Waals surface area contributed by atoms with Crippen LogP contribution in [0.2, 0.25) is 0 Å². The molecule has 1 aliphatic rings. The van der Waals surface area contributed by atoms with Gasteiger partial charge in [-0.25, -0.2) is 9.37 Å². The van der Waals surface area contributed by atoms with E-state index in [0.717, 1.165) is 23.2 Å². The van der Waals surface area contributed by atoms with Crippen LogP contribution in [0.5, 0.6) is 5.88 Å². The molecule has 26 heavy (non-hydrogen) atoms. The standard InChI is InChI=1S/C20H24FN3O2/c1-4-24-12-18-17(20(24)25)10-15(19(23-18)26-3)11-22-13(2)9-14-5-7-16(21)8-6-14/h5-8,10,13,22H,4,9,11-12H2,1-3H3/t13-/m0/s1. The molecule has 0 radical (unpaired) electrons. The second-order valence-electron chi connectivity index (χ2n) is 6.58. The number of halogens is 1. The monoisotopic (exact) mass is 357 g/mol. The predicted octanol–water partition coefficient (Wildman–Crippen LogP) is 2.93. The van der Waals surface area contributed by atoms with Gasteiger partial charge in [-0.05, 0) is 44.0 Å². The maximum atomic E-state index is 13.0. The number of ether oxygens (including phenoxy) is 1. The summed E-state index contributed by atoms with van der Waals surface area (Å²) in [6.07, 6.45) is 0.781. The molecule has 0 unspecified atom stereocenters. The molecule has 1 aromatic carbocycles. The Balaban J connectivity index is 1.68. The van der Waals surface area contributed by atoms with Gasteiger partial charge in [0.1, 0.15) is 5.82 Å². The Bertz CT molecular complexity index is 792. The average molecular weight is 357 g/mol. The molecule has 0 aliphatic carbocycles. The SMILES string of the molecule is CCN1Cc2nc(OC)c(CN[C@@H](C)Cc3ccc(F)cc3)cc2C1=O. The minimum Gasteiger partial charge on any atom is -0.481 e. The molecule has 1 atom stereocenters. The van der Waals surface area contributed by atoms with E-state index in [9.17, 15) is 9.18 Å². The topological polar surface area (TPSA) is 54.5 Å². The van der Waals surface area contributed by atoms with Crippen molar-refractivity contribution in [1.82, 2.24) is 15.2 Å². The summed E-state index contributed by atoms with van der Waals surface area (Å²) in [6.45, 7) is 5.78. The van der Waals surface area contributed by atoms with Crippen LogP contribution in [0.15, 0.2) is 30.3 Å². The maximum Gasteiger partial charge on any atom is 0.256 e. The normalized spacial score (nSPS) is 14.5. The minimum atomic E-state index is -0.228. The van der Waals surface area contributed by atoms with E-state index in [2.05, 4.69) is 17.2 Å². The fraction of sp³-hybridized carbons (Fsp3) is 0.400. The molecular weight excluding hydrogens is 333 g/mol. The van der Waals surface area contributed by atoms with Gasteiger partial charge in [0.25, 0.3) is 5.91 Å². The molecule has 1 amide bonds. The van der Waals surface area contributed by atoms with E-state index in [0.29, 0.717) is 31.1 Å². The number of rotatable bonds is 7. The Kier molecular flexibility index (Phi) is 5.52. The van der Waals surface area contributed by atoms with Crippen molar-refractivity contribution in [3.8, 4) is 5.88 Å². The summed E-state index contributed by atoms with van der Waals surface area (Å²) in [6, 6.07) is 8.60. The highest BCUT2D eigenvalue weighted by Gasteiger charge is 2.29.